The molecule has 1 aliphatic rings. The predicted octanol–water partition coefficient (Wildman–Crippen LogP) is 3.99. The molecule has 0 unspecified atom stereocenters. The minimum absolute atomic E-state index is 0.0488. The van der Waals surface area contributed by atoms with Crippen molar-refractivity contribution < 1.29 is 9.59 Å². The van der Waals surface area contributed by atoms with Crippen molar-refractivity contribution in [1.29, 1.82) is 0 Å². The van der Waals surface area contributed by atoms with Gasteiger partial charge in [0.2, 0.25) is 0 Å². The van der Waals surface area contributed by atoms with Crippen LogP contribution in [0.5, 0.6) is 0 Å². The first-order valence-electron chi connectivity index (χ1n) is 9.11. The molecule has 3 rings (SSSR count). The Kier molecular flexibility index (Phi) is 5.89. The number of rotatable bonds is 5. The van der Waals surface area contributed by atoms with Crippen molar-refractivity contribution >= 4 is 17.6 Å². The van der Waals surface area contributed by atoms with Gasteiger partial charge in [-0.3, -0.25) is 4.79 Å². The molecule has 26 heavy (non-hydrogen) atoms. The van der Waals surface area contributed by atoms with Crippen LogP contribution in [0.25, 0.3) is 0 Å². The van der Waals surface area contributed by atoms with E-state index >= 15 is 0 Å². The number of benzene rings is 2. The van der Waals surface area contributed by atoms with Gasteiger partial charge in [-0.25, -0.2) is 4.79 Å². The van der Waals surface area contributed by atoms with Gasteiger partial charge in [-0.05, 0) is 49.6 Å². The smallest absolute Gasteiger partial charge is 0.319 e. The normalized spacial score (nSPS) is 14.0. The molecule has 5 heteroatoms. The minimum atomic E-state index is -0.270. The second-order valence-electron chi connectivity index (χ2n) is 6.83. The van der Waals surface area contributed by atoms with Gasteiger partial charge in [0.05, 0.1) is 0 Å². The third-order valence-corrected chi connectivity index (χ3v) is 4.67. The molecular weight excluding hydrogens is 326 g/mol. The number of aryl methyl sites for hydroxylation is 1. The van der Waals surface area contributed by atoms with Gasteiger partial charge in [-0.1, -0.05) is 42.7 Å². The number of hydrogen-bond acceptors (Lipinski definition) is 2. The van der Waals surface area contributed by atoms with Gasteiger partial charge >= 0.3 is 6.03 Å². The lowest BCUT2D eigenvalue weighted by molar-refractivity contribution is 0.0938. The summed E-state index contributed by atoms with van der Waals surface area (Å²) in [5.74, 6) is -0.0488. The minimum Gasteiger partial charge on any atom is -0.349 e. The lowest BCUT2D eigenvalue weighted by Gasteiger charge is -2.12. The molecule has 1 fully saturated rings. The van der Waals surface area contributed by atoms with Crippen LogP contribution in [0.1, 0.15) is 47.2 Å². The Balaban J connectivity index is 1.47. The fraction of sp³-hybridized carbons (Fsp3) is 0.333. The Morgan fingerprint density at radius 2 is 1.62 bits per heavy atom. The molecule has 3 amide bonds. The summed E-state index contributed by atoms with van der Waals surface area (Å²) in [5.41, 5.74) is 3.51. The summed E-state index contributed by atoms with van der Waals surface area (Å²) in [6.07, 6.45) is 4.50. The second-order valence-corrected chi connectivity index (χ2v) is 6.83. The highest BCUT2D eigenvalue weighted by Gasteiger charge is 2.17. The third-order valence-electron chi connectivity index (χ3n) is 4.67. The number of amides is 3. The van der Waals surface area contributed by atoms with E-state index in [-0.39, 0.29) is 11.9 Å². The number of anilines is 1. The number of urea groups is 1. The van der Waals surface area contributed by atoms with Crippen LogP contribution in [0.3, 0.4) is 0 Å². The lowest BCUT2D eigenvalue weighted by atomic mass is 10.1. The van der Waals surface area contributed by atoms with Crippen molar-refractivity contribution in [3.63, 3.8) is 0 Å². The molecule has 1 saturated carbocycles. The topological polar surface area (TPSA) is 70.2 Å². The van der Waals surface area contributed by atoms with E-state index in [0.29, 0.717) is 23.8 Å². The molecule has 0 atom stereocenters. The van der Waals surface area contributed by atoms with E-state index in [9.17, 15) is 9.59 Å². The highest BCUT2D eigenvalue weighted by molar-refractivity contribution is 5.95. The maximum Gasteiger partial charge on any atom is 0.319 e. The Morgan fingerprint density at radius 1 is 0.962 bits per heavy atom. The molecular formula is C21H25N3O2. The summed E-state index contributed by atoms with van der Waals surface area (Å²) in [6.45, 7) is 2.50. The molecule has 0 radical (unpaired) electrons. The molecule has 3 N–H and O–H groups in total. The quantitative estimate of drug-likeness (QED) is 0.762. The van der Waals surface area contributed by atoms with E-state index in [0.717, 1.165) is 18.4 Å². The van der Waals surface area contributed by atoms with Crippen LogP contribution in [0.4, 0.5) is 10.5 Å². The number of carbonyl (C=O) groups is 2. The standard InChI is InChI=1S/C21H25N3O2/c1-15-6-8-16(9-7-15)14-22-21(26)24-19-12-10-17(11-13-19)20(25)23-18-4-2-3-5-18/h6-13,18H,2-5,14H2,1H3,(H,23,25)(H2,22,24,26). The van der Waals surface area contributed by atoms with Crippen LogP contribution in [-0.4, -0.2) is 18.0 Å². The molecule has 2 aromatic rings. The summed E-state index contributed by atoms with van der Waals surface area (Å²) in [4.78, 5) is 24.2. The van der Waals surface area contributed by atoms with E-state index in [4.69, 9.17) is 0 Å². The Morgan fingerprint density at radius 3 is 2.27 bits per heavy atom. The lowest BCUT2D eigenvalue weighted by Crippen LogP contribution is -2.32. The maximum absolute atomic E-state index is 12.2. The molecule has 2 aromatic carbocycles. The van der Waals surface area contributed by atoms with E-state index < -0.39 is 0 Å². The zero-order valence-electron chi connectivity index (χ0n) is 15.0. The second kappa shape index (κ2) is 8.52. The van der Waals surface area contributed by atoms with Crippen LogP contribution in [0.2, 0.25) is 0 Å². The van der Waals surface area contributed by atoms with Crippen LogP contribution < -0.4 is 16.0 Å². The summed E-state index contributed by atoms with van der Waals surface area (Å²) in [6, 6.07) is 15.0. The first-order valence-corrected chi connectivity index (χ1v) is 9.11. The molecule has 0 aliphatic heterocycles. The summed E-state index contributed by atoms with van der Waals surface area (Å²) < 4.78 is 0. The molecule has 0 aromatic heterocycles. The van der Waals surface area contributed by atoms with Crippen LogP contribution in [0.15, 0.2) is 48.5 Å². The number of nitrogens with one attached hydrogen (secondary N) is 3. The largest absolute Gasteiger partial charge is 0.349 e. The zero-order chi connectivity index (χ0) is 18.4. The van der Waals surface area contributed by atoms with Gasteiger partial charge in [0.1, 0.15) is 0 Å². The van der Waals surface area contributed by atoms with Gasteiger partial charge in [-0.2, -0.15) is 0 Å². The van der Waals surface area contributed by atoms with Gasteiger partial charge in [0.25, 0.3) is 5.91 Å². The Hall–Kier alpha value is -2.82. The van der Waals surface area contributed by atoms with E-state index in [1.165, 1.54) is 18.4 Å². The summed E-state index contributed by atoms with van der Waals surface area (Å²) in [5, 5.41) is 8.66. The van der Waals surface area contributed by atoms with E-state index in [2.05, 4.69) is 16.0 Å². The molecule has 1 aliphatic carbocycles. The van der Waals surface area contributed by atoms with Gasteiger partial charge < -0.3 is 16.0 Å². The fourth-order valence-electron chi connectivity index (χ4n) is 3.11. The van der Waals surface area contributed by atoms with Gasteiger partial charge in [-0.15, -0.1) is 0 Å². The van der Waals surface area contributed by atoms with Crippen molar-refractivity contribution in [2.75, 3.05) is 5.32 Å². The third kappa shape index (κ3) is 5.09. The van der Waals surface area contributed by atoms with Crippen molar-refractivity contribution in [3.05, 3.63) is 65.2 Å². The van der Waals surface area contributed by atoms with Crippen molar-refractivity contribution in [3.8, 4) is 0 Å². The maximum atomic E-state index is 12.2. The van der Waals surface area contributed by atoms with Gasteiger partial charge in [0, 0.05) is 23.8 Å². The first-order chi connectivity index (χ1) is 12.6. The molecule has 0 saturated heterocycles. The van der Waals surface area contributed by atoms with Crippen molar-refractivity contribution in [1.82, 2.24) is 10.6 Å². The molecule has 5 nitrogen and oxygen atoms in total. The van der Waals surface area contributed by atoms with E-state index in [1.807, 2.05) is 31.2 Å². The Bertz CT molecular complexity index is 748. The van der Waals surface area contributed by atoms with Crippen LogP contribution in [0, 0.1) is 6.92 Å². The zero-order valence-corrected chi connectivity index (χ0v) is 15.0. The monoisotopic (exact) mass is 351 g/mol. The Labute approximate surface area is 154 Å². The molecule has 0 spiro atoms. The highest BCUT2D eigenvalue weighted by Crippen LogP contribution is 2.18. The predicted molar refractivity (Wildman–Crippen MR) is 103 cm³/mol. The van der Waals surface area contributed by atoms with Gasteiger partial charge in [0.15, 0.2) is 0 Å². The SMILES string of the molecule is Cc1ccc(CNC(=O)Nc2ccc(C(=O)NC3CCCC3)cc2)cc1. The summed E-state index contributed by atoms with van der Waals surface area (Å²) in [7, 11) is 0. The van der Waals surface area contributed by atoms with Crippen LogP contribution >= 0.6 is 0 Å². The fourth-order valence-corrected chi connectivity index (χ4v) is 3.11. The molecule has 136 valence electrons. The van der Waals surface area contributed by atoms with E-state index in [1.54, 1.807) is 24.3 Å². The highest BCUT2D eigenvalue weighted by atomic mass is 16.2. The summed E-state index contributed by atoms with van der Waals surface area (Å²) >= 11 is 0. The van der Waals surface area contributed by atoms with Crippen LogP contribution in [-0.2, 0) is 6.54 Å². The average Bonchev–Trinajstić information content (AvgIpc) is 3.15. The van der Waals surface area contributed by atoms with Crippen molar-refractivity contribution in [2.24, 2.45) is 0 Å². The van der Waals surface area contributed by atoms with Crippen molar-refractivity contribution in [2.45, 2.75) is 45.2 Å². The average molecular weight is 351 g/mol. The first kappa shape index (κ1) is 18.0. The molecule has 0 bridgehead atoms. The number of hydrogen-bond donors (Lipinski definition) is 3. The number of carbonyl (C=O) groups excluding carboxylic acids is 2. The molecule has 0 heterocycles.